The number of benzene rings is 1. The number of carbonyl (C=O) groups is 2. The lowest BCUT2D eigenvalue weighted by Crippen LogP contribution is -2.52. The molecular weight excluding hydrogens is 327 g/mol. The van der Waals surface area contributed by atoms with Crippen molar-refractivity contribution in [1.29, 1.82) is 0 Å². The third kappa shape index (κ3) is 6.34. The lowest BCUT2D eigenvalue weighted by molar-refractivity contribution is -0.137. The smallest absolute Gasteiger partial charge is 0.407 e. The molecule has 6 nitrogen and oxygen atoms in total. The average Bonchev–Trinajstić information content (AvgIpc) is 2.53. The topological polar surface area (TPSA) is 67.9 Å². The fourth-order valence-electron chi connectivity index (χ4n) is 2.67. The Labute approximate surface area is 147 Å². The Balaban J connectivity index is 1.95. The molecule has 0 aromatic heterocycles. The summed E-state index contributed by atoms with van der Waals surface area (Å²) in [6, 6.07) is 8.23. The van der Waals surface area contributed by atoms with Crippen molar-refractivity contribution >= 4 is 12.1 Å². The number of nitrogens with one attached hydrogen (secondary N) is 1. The van der Waals surface area contributed by atoms with Gasteiger partial charge in [0.2, 0.25) is 0 Å². The zero-order valence-electron chi connectivity index (χ0n) is 14.8. The van der Waals surface area contributed by atoms with Crippen LogP contribution in [0.2, 0.25) is 0 Å². The van der Waals surface area contributed by atoms with Gasteiger partial charge in [-0.2, -0.15) is 0 Å². The highest BCUT2D eigenvalue weighted by Crippen LogP contribution is 2.19. The van der Waals surface area contributed by atoms with Gasteiger partial charge in [0.1, 0.15) is 5.60 Å². The fourth-order valence-corrected chi connectivity index (χ4v) is 2.67. The zero-order chi connectivity index (χ0) is 18.4. The second-order valence-corrected chi connectivity index (χ2v) is 7.19. The van der Waals surface area contributed by atoms with Crippen LogP contribution >= 0.6 is 0 Å². The van der Waals surface area contributed by atoms with E-state index in [0.29, 0.717) is 18.5 Å². The van der Waals surface area contributed by atoms with Crippen LogP contribution in [0.5, 0.6) is 0 Å². The molecule has 1 aromatic carbocycles. The SMILES string of the molecule is CC(C)(C)OC(=O)NC1CC(CF)CN(OC(=O)c2ccccc2)C1. The number of alkyl carbamates (subject to hydrolysis) is 1. The molecule has 0 bridgehead atoms. The maximum Gasteiger partial charge on any atom is 0.407 e. The van der Waals surface area contributed by atoms with E-state index in [1.54, 1.807) is 51.1 Å². The predicted octanol–water partition coefficient (Wildman–Crippen LogP) is 2.94. The van der Waals surface area contributed by atoms with E-state index >= 15 is 0 Å². The van der Waals surface area contributed by atoms with Gasteiger partial charge in [-0.15, -0.1) is 5.06 Å². The highest BCUT2D eigenvalue weighted by atomic mass is 19.1. The van der Waals surface area contributed by atoms with Crippen LogP contribution in [0.15, 0.2) is 30.3 Å². The summed E-state index contributed by atoms with van der Waals surface area (Å²) in [5.41, 5.74) is -0.195. The molecule has 1 aliphatic rings. The van der Waals surface area contributed by atoms with Crippen LogP contribution in [0, 0.1) is 5.92 Å². The van der Waals surface area contributed by atoms with Crippen molar-refractivity contribution < 1.29 is 23.6 Å². The van der Waals surface area contributed by atoms with Gasteiger partial charge in [-0.1, -0.05) is 18.2 Å². The molecule has 0 radical (unpaired) electrons. The molecule has 2 unspecified atom stereocenters. The Bertz CT molecular complexity index is 588. The first-order chi connectivity index (χ1) is 11.8. The van der Waals surface area contributed by atoms with Gasteiger partial charge in [-0.25, -0.2) is 9.59 Å². The van der Waals surface area contributed by atoms with Crippen LogP contribution < -0.4 is 5.32 Å². The Morgan fingerprint density at radius 1 is 1.24 bits per heavy atom. The van der Waals surface area contributed by atoms with Gasteiger partial charge >= 0.3 is 12.1 Å². The number of hydroxylamine groups is 2. The molecule has 7 heteroatoms. The summed E-state index contributed by atoms with van der Waals surface area (Å²) in [7, 11) is 0. The van der Waals surface area contributed by atoms with Gasteiger partial charge in [-0.3, -0.25) is 4.39 Å². The number of ether oxygens (including phenoxy) is 1. The molecule has 0 saturated carbocycles. The number of rotatable bonds is 4. The summed E-state index contributed by atoms with van der Waals surface area (Å²) in [4.78, 5) is 29.4. The van der Waals surface area contributed by atoms with E-state index in [1.165, 1.54) is 5.06 Å². The molecule has 2 rings (SSSR count). The standard InChI is InChI=1S/C18H25FN2O4/c1-18(2,3)24-17(23)20-15-9-13(10-19)11-21(12-15)25-16(22)14-7-5-4-6-8-14/h4-8,13,15H,9-12H2,1-3H3,(H,20,23). The van der Waals surface area contributed by atoms with Gasteiger partial charge in [0, 0.05) is 18.5 Å². The van der Waals surface area contributed by atoms with E-state index in [2.05, 4.69) is 5.32 Å². The van der Waals surface area contributed by atoms with E-state index in [0.717, 1.165) is 0 Å². The zero-order valence-corrected chi connectivity index (χ0v) is 14.8. The normalized spacial score (nSPS) is 21.4. The lowest BCUT2D eigenvalue weighted by Gasteiger charge is -2.35. The van der Waals surface area contributed by atoms with Crippen LogP contribution in [-0.2, 0) is 9.57 Å². The summed E-state index contributed by atoms with van der Waals surface area (Å²) < 4.78 is 18.4. The molecule has 1 saturated heterocycles. The minimum Gasteiger partial charge on any atom is -0.444 e. The highest BCUT2D eigenvalue weighted by molar-refractivity contribution is 5.89. The van der Waals surface area contributed by atoms with Crippen molar-refractivity contribution in [2.24, 2.45) is 5.92 Å². The minimum atomic E-state index is -0.613. The molecule has 1 aromatic rings. The summed E-state index contributed by atoms with van der Waals surface area (Å²) in [6.07, 6.45) is -0.0962. The molecule has 25 heavy (non-hydrogen) atoms. The Morgan fingerprint density at radius 2 is 1.92 bits per heavy atom. The van der Waals surface area contributed by atoms with Crippen LogP contribution in [-0.4, -0.2) is 48.5 Å². The fraction of sp³-hybridized carbons (Fsp3) is 0.556. The number of alkyl halides is 1. The van der Waals surface area contributed by atoms with Gasteiger partial charge < -0.3 is 14.9 Å². The summed E-state index contributed by atoms with van der Waals surface area (Å²) in [5, 5.41) is 4.13. The summed E-state index contributed by atoms with van der Waals surface area (Å²) >= 11 is 0. The maximum atomic E-state index is 13.2. The summed E-state index contributed by atoms with van der Waals surface area (Å²) in [6.45, 7) is 5.34. The molecule has 1 fully saturated rings. The van der Waals surface area contributed by atoms with Crippen molar-refractivity contribution in [3.8, 4) is 0 Å². The number of halogens is 1. The molecule has 1 amide bonds. The average molecular weight is 352 g/mol. The first-order valence-corrected chi connectivity index (χ1v) is 8.34. The van der Waals surface area contributed by atoms with Gasteiger partial charge in [-0.05, 0) is 39.3 Å². The first-order valence-electron chi connectivity index (χ1n) is 8.34. The predicted molar refractivity (Wildman–Crippen MR) is 90.7 cm³/mol. The number of piperidine rings is 1. The number of amides is 1. The van der Waals surface area contributed by atoms with Crippen LogP contribution in [0.25, 0.3) is 0 Å². The van der Waals surface area contributed by atoms with Crippen molar-refractivity contribution in [2.45, 2.75) is 38.8 Å². The lowest BCUT2D eigenvalue weighted by atomic mass is 9.97. The Hall–Kier alpha value is -2.15. The van der Waals surface area contributed by atoms with Gasteiger partial charge in [0.05, 0.1) is 18.8 Å². The van der Waals surface area contributed by atoms with E-state index in [4.69, 9.17) is 9.57 Å². The highest BCUT2D eigenvalue weighted by Gasteiger charge is 2.31. The summed E-state index contributed by atoms with van der Waals surface area (Å²) in [5.74, 6) is -0.826. The second kappa shape index (κ2) is 8.29. The monoisotopic (exact) mass is 352 g/mol. The third-order valence-electron chi connectivity index (χ3n) is 3.66. The Kier molecular flexibility index (Phi) is 6.36. The maximum absolute atomic E-state index is 13.2. The quantitative estimate of drug-likeness (QED) is 0.902. The molecule has 0 aliphatic carbocycles. The number of hydrogen-bond acceptors (Lipinski definition) is 5. The molecule has 138 valence electrons. The van der Waals surface area contributed by atoms with E-state index in [1.807, 2.05) is 0 Å². The molecule has 2 atom stereocenters. The second-order valence-electron chi connectivity index (χ2n) is 7.19. The van der Waals surface area contributed by atoms with Gasteiger partial charge in [0.25, 0.3) is 0 Å². The van der Waals surface area contributed by atoms with Crippen molar-refractivity contribution in [1.82, 2.24) is 10.4 Å². The molecule has 1 N–H and O–H groups in total. The van der Waals surface area contributed by atoms with Crippen molar-refractivity contribution in [3.63, 3.8) is 0 Å². The third-order valence-corrected chi connectivity index (χ3v) is 3.66. The van der Waals surface area contributed by atoms with E-state index < -0.39 is 24.3 Å². The largest absolute Gasteiger partial charge is 0.444 e. The molecule has 1 heterocycles. The van der Waals surface area contributed by atoms with E-state index in [9.17, 15) is 14.0 Å². The number of carbonyl (C=O) groups excluding carboxylic acids is 2. The molecule has 0 spiro atoms. The van der Waals surface area contributed by atoms with Crippen LogP contribution in [0.3, 0.4) is 0 Å². The number of nitrogens with zero attached hydrogens (tertiary/aromatic N) is 1. The van der Waals surface area contributed by atoms with Crippen LogP contribution in [0.4, 0.5) is 9.18 Å². The van der Waals surface area contributed by atoms with Crippen molar-refractivity contribution in [2.75, 3.05) is 19.8 Å². The minimum absolute atomic E-state index is 0.286. The Morgan fingerprint density at radius 3 is 2.52 bits per heavy atom. The van der Waals surface area contributed by atoms with Crippen molar-refractivity contribution in [3.05, 3.63) is 35.9 Å². The molecular formula is C18H25FN2O4. The molecule has 1 aliphatic heterocycles. The van der Waals surface area contributed by atoms with Gasteiger partial charge in [0.15, 0.2) is 0 Å². The first kappa shape index (κ1) is 19.2. The van der Waals surface area contributed by atoms with E-state index in [-0.39, 0.29) is 18.5 Å². The number of hydrogen-bond donors (Lipinski definition) is 1. The van der Waals surface area contributed by atoms with Crippen LogP contribution in [0.1, 0.15) is 37.6 Å².